The summed E-state index contributed by atoms with van der Waals surface area (Å²) in [6, 6.07) is 11.1. The van der Waals surface area contributed by atoms with E-state index in [4.69, 9.17) is 14.2 Å². The summed E-state index contributed by atoms with van der Waals surface area (Å²) in [6.07, 6.45) is 1.73. The molecule has 10 nitrogen and oxygen atoms in total. The Hall–Kier alpha value is -3.47. The lowest BCUT2D eigenvalue weighted by Crippen LogP contribution is -2.51. The van der Waals surface area contributed by atoms with Crippen LogP contribution in [0, 0.1) is 0 Å². The van der Waals surface area contributed by atoms with E-state index in [2.05, 4.69) is 5.32 Å². The number of nitrogens with one attached hydrogen (secondary N) is 1. The van der Waals surface area contributed by atoms with Crippen molar-refractivity contribution in [2.75, 3.05) is 43.5 Å². The molecule has 11 heteroatoms. The number of rotatable bonds is 13. The SMILES string of the molecule is CCCCNC(=O)C(C)N(Cc1cccc(OC)c1)C(=O)CN(c1ccc2c(c1)OCCO2)S(=O)(=O)CC. The topological polar surface area (TPSA) is 114 Å². The van der Waals surface area contributed by atoms with Crippen LogP contribution in [0.1, 0.15) is 39.2 Å². The Morgan fingerprint density at radius 1 is 1.08 bits per heavy atom. The highest BCUT2D eigenvalue weighted by atomic mass is 32.2. The molecule has 38 heavy (non-hydrogen) atoms. The van der Waals surface area contributed by atoms with Gasteiger partial charge in [-0.2, -0.15) is 0 Å². The van der Waals surface area contributed by atoms with Gasteiger partial charge in [0.05, 0.1) is 18.6 Å². The number of carbonyl (C=O) groups excluding carboxylic acids is 2. The van der Waals surface area contributed by atoms with Gasteiger partial charge in [0, 0.05) is 19.2 Å². The van der Waals surface area contributed by atoms with E-state index < -0.39 is 28.5 Å². The summed E-state index contributed by atoms with van der Waals surface area (Å²) in [4.78, 5) is 28.1. The Labute approximate surface area is 224 Å². The number of amides is 2. The Kier molecular flexibility index (Phi) is 10.2. The Balaban J connectivity index is 1.93. The van der Waals surface area contributed by atoms with Gasteiger partial charge in [0.1, 0.15) is 31.5 Å². The van der Waals surface area contributed by atoms with Gasteiger partial charge in [-0.25, -0.2) is 8.42 Å². The van der Waals surface area contributed by atoms with E-state index in [0.29, 0.717) is 37.0 Å². The summed E-state index contributed by atoms with van der Waals surface area (Å²) in [5, 5.41) is 2.87. The van der Waals surface area contributed by atoms with Crippen LogP contribution in [0.3, 0.4) is 0 Å². The van der Waals surface area contributed by atoms with Gasteiger partial charge < -0.3 is 24.4 Å². The summed E-state index contributed by atoms with van der Waals surface area (Å²) in [5.74, 6) is 0.502. The smallest absolute Gasteiger partial charge is 0.244 e. The van der Waals surface area contributed by atoms with Crippen LogP contribution >= 0.6 is 0 Å². The number of anilines is 1. The molecule has 0 bridgehead atoms. The minimum absolute atomic E-state index is 0.0968. The van der Waals surface area contributed by atoms with Crippen LogP contribution in [0.25, 0.3) is 0 Å². The first-order valence-electron chi connectivity index (χ1n) is 12.8. The van der Waals surface area contributed by atoms with Crippen molar-refractivity contribution in [2.45, 2.75) is 46.2 Å². The molecule has 2 aromatic carbocycles. The first kappa shape index (κ1) is 29.1. The lowest BCUT2D eigenvalue weighted by molar-refractivity contribution is -0.139. The third kappa shape index (κ3) is 7.31. The summed E-state index contributed by atoms with van der Waals surface area (Å²) in [5.41, 5.74) is 1.03. The average Bonchev–Trinajstić information content (AvgIpc) is 2.93. The van der Waals surface area contributed by atoms with E-state index in [0.717, 1.165) is 22.7 Å². The molecule has 0 aliphatic carbocycles. The maximum absolute atomic E-state index is 13.8. The van der Waals surface area contributed by atoms with Gasteiger partial charge >= 0.3 is 0 Å². The van der Waals surface area contributed by atoms with E-state index in [-0.39, 0.29) is 23.9 Å². The fourth-order valence-electron chi connectivity index (χ4n) is 3.99. The minimum atomic E-state index is -3.85. The summed E-state index contributed by atoms with van der Waals surface area (Å²) >= 11 is 0. The third-order valence-electron chi connectivity index (χ3n) is 6.28. The zero-order valence-electron chi connectivity index (χ0n) is 22.4. The van der Waals surface area contributed by atoms with Crippen molar-refractivity contribution >= 4 is 27.5 Å². The molecule has 1 heterocycles. The number of hydrogen-bond donors (Lipinski definition) is 1. The van der Waals surface area contributed by atoms with Crippen LogP contribution in [0.5, 0.6) is 17.2 Å². The number of unbranched alkanes of at least 4 members (excludes halogenated alkanes) is 1. The number of nitrogens with zero attached hydrogens (tertiary/aromatic N) is 2. The van der Waals surface area contributed by atoms with Gasteiger partial charge in [-0.05, 0) is 50.1 Å². The lowest BCUT2D eigenvalue weighted by atomic mass is 10.1. The fourth-order valence-corrected chi connectivity index (χ4v) is 5.05. The molecule has 3 rings (SSSR count). The van der Waals surface area contributed by atoms with Crippen LogP contribution in [0.4, 0.5) is 5.69 Å². The number of sulfonamides is 1. The molecular formula is C27H37N3O7S. The predicted octanol–water partition coefficient (Wildman–Crippen LogP) is 2.96. The quantitative estimate of drug-likeness (QED) is 0.384. The Bertz CT molecular complexity index is 1220. The first-order valence-corrected chi connectivity index (χ1v) is 14.4. The largest absolute Gasteiger partial charge is 0.497 e. The number of hydrogen-bond acceptors (Lipinski definition) is 7. The summed E-state index contributed by atoms with van der Waals surface area (Å²) in [6.45, 7) is 6.04. The molecule has 0 spiro atoms. The normalized spacial score (nSPS) is 13.4. The van der Waals surface area contributed by atoms with Crippen molar-refractivity contribution in [3.63, 3.8) is 0 Å². The van der Waals surface area contributed by atoms with Crippen LogP contribution < -0.4 is 23.8 Å². The lowest BCUT2D eigenvalue weighted by Gasteiger charge is -2.32. The molecule has 1 N–H and O–H groups in total. The molecule has 0 fully saturated rings. The zero-order valence-corrected chi connectivity index (χ0v) is 23.3. The monoisotopic (exact) mass is 547 g/mol. The van der Waals surface area contributed by atoms with Gasteiger partial charge in [-0.3, -0.25) is 13.9 Å². The van der Waals surface area contributed by atoms with Crippen LogP contribution in [0.2, 0.25) is 0 Å². The highest BCUT2D eigenvalue weighted by molar-refractivity contribution is 7.92. The van der Waals surface area contributed by atoms with Crippen LogP contribution in [-0.2, 0) is 26.2 Å². The van der Waals surface area contributed by atoms with E-state index in [1.54, 1.807) is 50.4 Å². The van der Waals surface area contributed by atoms with E-state index in [1.165, 1.54) is 11.8 Å². The summed E-state index contributed by atoms with van der Waals surface area (Å²) < 4.78 is 43.8. The maximum atomic E-state index is 13.8. The van der Waals surface area contributed by atoms with Crippen LogP contribution in [0.15, 0.2) is 42.5 Å². The fraction of sp³-hybridized carbons (Fsp3) is 0.481. The van der Waals surface area contributed by atoms with E-state index in [9.17, 15) is 18.0 Å². The van der Waals surface area contributed by atoms with Gasteiger partial charge in [-0.15, -0.1) is 0 Å². The highest BCUT2D eigenvalue weighted by Gasteiger charge is 2.31. The van der Waals surface area contributed by atoms with Crippen LogP contribution in [-0.4, -0.2) is 70.3 Å². The van der Waals surface area contributed by atoms with Crippen molar-refractivity contribution in [1.29, 1.82) is 0 Å². The van der Waals surface area contributed by atoms with Crippen molar-refractivity contribution in [3.8, 4) is 17.2 Å². The molecule has 2 amide bonds. The average molecular weight is 548 g/mol. The van der Waals surface area contributed by atoms with E-state index >= 15 is 0 Å². The number of methoxy groups -OCH3 is 1. The second kappa shape index (κ2) is 13.4. The van der Waals surface area contributed by atoms with Gasteiger partial charge in [0.2, 0.25) is 21.8 Å². The number of carbonyl (C=O) groups is 2. The van der Waals surface area contributed by atoms with Crippen molar-refractivity contribution < 1.29 is 32.2 Å². The molecule has 0 radical (unpaired) electrons. The molecule has 2 aromatic rings. The molecule has 0 saturated heterocycles. The van der Waals surface area contributed by atoms with E-state index in [1.807, 2.05) is 13.0 Å². The van der Waals surface area contributed by atoms with Gasteiger partial charge in [0.25, 0.3) is 0 Å². The van der Waals surface area contributed by atoms with Gasteiger partial charge in [0.15, 0.2) is 11.5 Å². The Morgan fingerprint density at radius 2 is 1.82 bits per heavy atom. The number of fused-ring (bicyclic) bond motifs is 1. The molecular weight excluding hydrogens is 510 g/mol. The van der Waals surface area contributed by atoms with Crippen molar-refractivity contribution in [3.05, 3.63) is 48.0 Å². The van der Waals surface area contributed by atoms with Crippen molar-refractivity contribution in [2.24, 2.45) is 0 Å². The molecule has 0 aromatic heterocycles. The minimum Gasteiger partial charge on any atom is -0.497 e. The highest BCUT2D eigenvalue weighted by Crippen LogP contribution is 2.35. The molecule has 1 aliphatic heterocycles. The standard InChI is InChI=1S/C27H37N3O7S/c1-5-7-13-28-27(32)20(3)29(18-21-9-8-10-23(16-21)35-4)26(31)19-30(38(33,34)6-2)22-11-12-24-25(17-22)37-15-14-36-24/h8-12,16-17,20H,5-7,13-15,18-19H2,1-4H3,(H,28,32). The second-order valence-corrected chi connectivity index (χ2v) is 11.1. The predicted molar refractivity (Wildman–Crippen MR) is 145 cm³/mol. The maximum Gasteiger partial charge on any atom is 0.244 e. The summed E-state index contributed by atoms with van der Waals surface area (Å²) in [7, 11) is -2.30. The van der Waals surface area contributed by atoms with Crippen molar-refractivity contribution in [1.82, 2.24) is 10.2 Å². The third-order valence-corrected chi connectivity index (χ3v) is 8.02. The first-order chi connectivity index (χ1) is 18.2. The molecule has 0 saturated carbocycles. The number of ether oxygens (including phenoxy) is 3. The molecule has 1 atom stereocenters. The van der Waals surface area contributed by atoms with Gasteiger partial charge in [-0.1, -0.05) is 25.5 Å². The molecule has 1 unspecified atom stereocenters. The second-order valence-electron chi connectivity index (χ2n) is 8.93. The Morgan fingerprint density at radius 3 is 2.50 bits per heavy atom. The number of benzene rings is 2. The molecule has 208 valence electrons. The molecule has 1 aliphatic rings. The zero-order chi connectivity index (χ0) is 27.7.